The highest BCUT2D eigenvalue weighted by Crippen LogP contribution is 2.41. The summed E-state index contributed by atoms with van der Waals surface area (Å²) in [6.45, 7) is 0.0828. The minimum Gasteiger partial charge on any atom is -0.497 e. The highest BCUT2D eigenvalue weighted by atomic mass is 35.5. The van der Waals surface area contributed by atoms with Crippen LogP contribution in [0, 0.1) is 0 Å². The largest absolute Gasteiger partial charge is 0.497 e. The van der Waals surface area contributed by atoms with Crippen LogP contribution in [0.1, 0.15) is 42.4 Å². The van der Waals surface area contributed by atoms with E-state index in [9.17, 15) is 9.59 Å². The van der Waals surface area contributed by atoms with E-state index in [0.717, 1.165) is 29.5 Å². The van der Waals surface area contributed by atoms with Gasteiger partial charge in [-0.2, -0.15) is 0 Å². The summed E-state index contributed by atoms with van der Waals surface area (Å²) in [4.78, 5) is 23.4. The highest BCUT2D eigenvalue weighted by Gasteiger charge is 2.39. The van der Waals surface area contributed by atoms with Gasteiger partial charge in [-0.1, -0.05) is 84.2 Å². The van der Waals surface area contributed by atoms with Crippen LogP contribution in [-0.2, 0) is 24.6 Å². The van der Waals surface area contributed by atoms with Crippen molar-refractivity contribution in [3.63, 3.8) is 0 Å². The molecule has 0 aliphatic rings. The molecule has 1 amide bonds. The molecule has 0 radical (unpaired) electrons. The van der Waals surface area contributed by atoms with Crippen molar-refractivity contribution in [3.8, 4) is 11.5 Å². The molecule has 11 heteroatoms. The first-order valence-electron chi connectivity index (χ1n) is 14.3. The molecule has 0 aliphatic heterocycles. The molecule has 9 nitrogen and oxygen atoms in total. The number of ether oxygens (including phenoxy) is 5. The molecular weight excluding hydrogens is 609 g/mol. The Morgan fingerprint density at radius 3 is 1.86 bits per heavy atom. The smallest absolute Gasteiger partial charge is 0.407 e. The number of benzene rings is 3. The SMILES string of the molecule is COc1ccc(C(OC[C@@H](CNC(=O)OCCCCCCO)OC(=O)C(Cl)Cl)(c2ccccc2)c2ccc(OC)cc2)cc1. The lowest BCUT2D eigenvalue weighted by Crippen LogP contribution is -2.42. The van der Waals surface area contributed by atoms with Gasteiger partial charge >= 0.3 is 12.1 Å². The van der Waals surface area contributed by atoms with Crippen LogP contribution in [-0.4, -0.2) is 68.7 Å². The van der Waals surface area contributed by atoms with E-state index in [-0.39, 0.29) is 26.4 Å². The van der Waals surface area contributed by atoms with Gasteiger partial charge in [-0.05, 0) is 60.2 Å². The summed E-state index contributed by atoms with van der Waals surface area (Å²) in [6, 6.07) is 24.6. The molecule has 0 aromatic heterocycles. The number of nitrogens with one attached hydrogen (secondary N) is 1. The van der Waals surface area contributed by atoms with E-state index in [1.807, 2.05) is 78.9 Å². The van der Waals surface area contributed by atoms with E-state index in [0.29, 0.717) is 24.3 Å². The number of methoxy groups -OCH3 is 2. The quantitative estimate of drug-likeness (QED) is 0.0747. The Morgan fingerprint density at radius 1 is 0.795 bits per heavy atom. The number of aliphatic hydroxyl groups is 1. The Kier molecular flexibility index (Phi) is 14.6. The van der Waals surface area contributed by atoms with Gasteiger partial charge in [-0.25, -0.2) is 9.59 Å². The number of carbonyl (C=O) groups is 2. The zero-order valence-electron chi connectivity index (χ0n) is 24.9. The molecule has 44 heavy (non-hydrogen) atoms. The monoisotopic (exact) mass is 647 g/mol. The third-order valence-corrected chi connectivity index (χ3v) is 7.24. The summed E-state index contributed by atoms with van der Waals surface area (Å²) >= 11 is 11.6. The Labute approximate surface area is 268 Å². The molecule has 1 atom stereocenters. The van der Waals surface area contributed by atoms with Gasteiger partial charge in [0, 0.05) is 6.61 Å². The standard InChI is InChI=1S/C33H39Cl2NO8/c1-40-27-16-12-25(13-17-27)33(24-10-6-5-7-11-24,26-14-18-28(41-2)19-15-26)43-23-29(44-31(38)30(34)35)22-36-32(39)42-21-9-4-3-8-20-37/h5-7,10-19,29-30,37H,3-4,8-9,20-23H2,1-2H3,(H,36,39)/t29-/m1/s1. The number of esters is 1. The first kappa shape index (κ1) is 35.0. The minimum atomic E-state index is -1.43. The van der Waals surface area contributed by atoms with Crippen molar-refractivity contribution in [2.24, 2.45) is 0 Å². The molecule has 2 N–H and O–H groups in total. The van der Waals surface area contributed by atoms with Crippen molar-refractivity contribution >= 4 is 35.3 Å². The number of hydrogen-bond acceptors (Lipinski definition) is 8. The topological polar surface area (TPSA) is 113 Å². The first-order chi connectivity index (χ1) is 21.3. The second kappa shape index (κ2) is 18.3. The number of carbonyl (C=O) groups excluding carboxylic acids is 2. The fourth-order valence-corrected chi connectivity index (χ4v) is 4.73. The Hall–Kier alpha value is -3.50. The van der Waals surface area contributed by atoms with Crippen LogP contribution in [0.4, 0.5) is 4.79 Å². The average molecular weight is 649 g/mol. The van der Waals surface area contributed by atoms with Gasteiger partial charge in [0.2, 0.25) is 4.84 Å². The molecule has 0 saturated carbocycles. The summed E-state index contributed by atoms with van der Waals surface area (Å²) in [5, 5.41) is 11.5. The zero-order chi connectivity index (χ0) is 31.8. The average Bonchev–Trinajstić information content (AvgIpc) is 3.06. The molecule has 0 spiro atoms. The molecule has 0 unspecified atom stereocenters. The van der Waals surface area contributed by atoms with Crippen molar-refractivity contribution in [2.75, 3.05) is 40.6 Å². The van der Waals surface area contributed by atoms with E-state index in [1.165, 1.54) is 0 Å². The van der Waals surface area contributed by atoms with E-state index >= 15 is 0 Å². The number of halogens is 2. The Balaban J connectivity index is 1.91. The van der Waals surface area contributed by atoms with Gasteiger partial charge in [0.1, 0.15) is 23.2 Å². The number of rotatable bonds is 18. The van der Waals surface area contributed by atoms with Crippen LogP contribution in [0.3, 0.4) is 0 Å². The lowest BCUT2D eigenvalue weighted by molar-refractivity contribution is -0.152. The van der Waals surface area contributed by atoms with E-state index in [1.54, 1.807) is 14.2 Å². The summed E-state index contributed by atoms with van der Waals surface area (Å²) in [7, 11) is 3.18. The molecule has 0 saturated heterocycles. The number of alkyl carbamates (subject to hydrolysis) is 1. The fourth-order valence-electron chi connectivity index (χ4n) is 4.62. The lowest BCUT2D eigenvalue weighted by atomic mass is 9.80. The maximum Gasteiger partial charge on any atom is 0.407 e. The minimum absolute atomic E-state index is 0.119. The fraction of sp³-hybridized carbons (Fsp3) is 0.394. The Bertz CT molecular complexity index is 1230. The predicted molar refractivity (Wildman–Crippen MR) is 169 cm³/mol. The van der Waals surface area contributed by atoms with Crippen LogP contribution in [0.2, 0.25) is 0 Å². The van der Waals surface area contributed by atoms with Crippen molar-refractivity contribution in [1.82, 2.24) is 5.32 Å². The van der Waals surface area contributed by atoms with Crippen molar-refractivity contribution in [3.05, 3.63) is 95.6 Å². The summed E-state index contributed by atoms with van der Waals surface area (Å²) in [5.41, 5.74) is 1.18. The maximum atomic E-state index is 12.4. The molecule has 3 aromatic carbocycles. The maximum absolute atomic E-state index is 12.4. The molecule has 238 valence electrons. The number of aliphatic hydroxyl groups excluding tert-OH is 1. The normalized spacial score (nSPS) is 12.0. The Morgan fingerprint density at radius 2 is 1.34 bits per heavy atom. The van der Waals surface area contributed by atoms with Gasteiger partial charge in [-0.15, -0.1) is 0 Å². The zero-order valence-corrected chi connectivity index (χ0v) is 26.4. The van der Waals surface area contributed by atoms with Gasteiger partial charge in [0.25, 0.3) is 0 Å². The number of unbranched alkanes of at least 4 members (excludes halogenated alkanes) is 3. The van der Waals surface area contributed by atoms with Gasteiger partial charge in [0.15, 0.2) is 0 Å². The molecule has 0 bridgehead atoms. The van der Waals surface area contributed by atoms with Gasteiger partial charge in [-0.3, -0.25) is 0 Å². The molecule has 0 heterocycles. The molecular formula is C33H39Cl2NO8. The third kappa shape index (κ3) is 10.0. The van der Waals surface area contributed by atoms with Crippen molar-refractivity contribution in [1.29, 1.82) is 0 Å². The molecule has 0 fully saturated rings. The van der Waals surface area contributed by atoms with Crippen molar-refractivity contribution < 1.29 is 38.4 Å². The number of amides is 1. The summed E-state index contributed by atoms with van der Waals surface area (Å²) in [5.74, 6) is 0.465. The van der Waals surface area contributed by atoms with E-state index in [2.05, 4.69) is 5.32 Å². The molecule has 0 aliphatic carbocycles. The second-order valence-corrected chi connectivity index (χ2v) is 10.9. The summed E-state index contributed by atoms with van der Waals surface area (Å²) in [6.07, 6.45) is 1.41. The number of hydrogen-bond donors (Lipinski definition) is 2. The van der Waals surface area contributed by atoms with E-state index in [4.69, 9.17) is 52.0 Å². The first-order valence-corrected chi connectivity index (χ1v) is 15.2. The summed E-state index contributed by atoms with van der Waals surface area (Å²) < 4.78 is 28.4. The van der Waals surface area contributed by atoms with Crippen LogP contribution < -0.4 is 14.8 Å². The van der Waals surface area contributed by atoms with Crippen LogP contribution in [0.25, 0.3) is 0 Å². The van der Waals surface area contributed by atoms with Crippen LogP contribution in [0.15, 0.2) is 78.9 Å². The van der Waals surface area contributed by atoms with E-state index < -0.39 is 28.6 Å². The molecule has 3 rings (SSSR count). The number of alkyl halides is 2. The van der Waals surface area contributed by atoms with Crippen LogP contribution in [0.5, 0.6) is 11.5 Å². The third-order valence-electron chi connectivity index (χ3n) is 6.88. The van der Waals surface area contributed by atoms with Gasteiger partial charge < -0.3 is 34.1 Å². The van der Waals surface area contributed by atoms with Gasteiger partial charge in [0.05, 0.1) is 34.0 Å². The second-order valence-electron chi connectivity index (χ2n) is 9.83. The predicted octanol–water partition coefficient (Wildman–Crippen LogP) is 6.01. The molecule has 3 aromatic rings. The van der Waals surface area contributed by atoms with Crippen LogP contribution >= 0.6 is 23.2 Å². The lowest BCUT2D eigenvalue weighted by Gasteiger charge is -2.37. The highest BCUT2D eigenvalue weighted by molar-refractivity contribution is 6.52. The van der Waals surface area contributed by atoms with Crippen molar-refractivity contribution in [2.45, 2.75) is 42.2 Å².